The number of benzene rings is 1. The largest absolute Gasteiger partial charge is 0.481 e. The molecule has 1 atom stereocenters. The third-order valence-corrected chi connectivity index (χ3v) is 2.93. The van der Waals surface area contributed by atoms with Crippen LogP contribution in [0.5, 0.6) is 0 Å². The summed E-state index contributed by atoms with van der Waals surface area (Å²) >= 11 is 5.66. The molecule has 110 valence electrons. The van der Waals surface area contributed by atoms with Crippen molar-refractivity contribution in [1.82, 2.24) is 5.32 Å². The standard InChI is InChI=1S/C13H16ClFN2O3/c1-2-8(3-12(18)19)7-16-13(20)17-11-5-9(14)4-10(15)6-11/h4-6,8H,2-3,7H2,1H3,(H,18,19)(H2,16,17,20). The van der Waals surface area contributed by atoms with Crippen molar-refractivity contribution in [2.75, 3.05) is 11.9 Å². The predicted molar refractivity (Wildman–Crippen MR) is 74.5 cm³/mol. The fraction of sp³-hybridized carbons (Fsp3) is 0.385. The maximum absolute atomic E-state index is 13.1. The van der Waals surface area contributed by atoms with Crippen LogP contribution in [0.25, 0.3) is 0 Å². The van der Waals surface area contributed by atoms with Crippen molar-refractivity contribution in [3.63, 3.8) is 0 Å². The van der Waals surface area contributed by atoms with Crippen molar-refractivity contribution < 1.29 is 19.1 Å². The quantitative estimate of drug-likeness (QED) is 0.755. The Morgan fingerprint density at radius 3 is 2.65 bits per heavy atom. The molecule has 20 heavy (non-hydrogen) atoms. The molecule has 0 saturated heterocycles. The van der Waals surface area contributed by atoms with Crippen LogP contribution in [0.15, 0.2) is 18.2 Å². The number of nitrogens with one attached hydrogen (secondary N) is 2. The van der Waals surface area contributed by atoms with E-state index in [4.69, 9.17) is 16.7 Å². The first kappa shape index (κ1) is 16.2. The van der Waals surface area contributed by atoms with Crippen LogP contribution in [-0.4, -0.2) is 23.7 Å². The highest BCUT2D eigenvalue weighted by atomic mass is 35.5. The minimum atomic E-state index is -0.907. The van der Waals surface area contributed by atoms with Crippen LogP contribution in [0.1, 0.15) is 19.8 Å². The highest BCUT2D eigenvalue weighted by molar-refractivity contribution is 6.30. The number of rotatable bonds is 6. The molecule has 0 fully saturated rings. The van der Waals surface area contributed by atoms with E-state index < -0.39 is 17.8 Å². The summed E-state index contributed by atoms with van der Waals surface area (Å²) < 4.78 is 13.1. The monoisotopic (exact) mass is 302 g/mol. The van der Waals surface area contributed by atoms with Gasteiger partial charge in [0.1, 0.15) is 5.82 Å². The Balaban J connectivity index is 2.48. The van der Waals surface area contributed by atoms with Gasteiger partial charge in [0.05, 0.1) is 0 Å². The van der Waals surface area contributed by atoms with Gasteiger partial charge in [-0.25, -0.2) is 9.18 Å². The van der Waals surface area contributed by atoms with Crippen LogP contribution in [0.4, 0.5) is 14.9 Å². The summed E-state index contributed by atoms with van der Waals surface area (Å²) in [5.74, 6) is -1.60. The summed E-state index contributed by atoms with van der Waals surface area (Å²) in [4.78, 5) is 22.2. The van der Waals surface area contributed by atoms with Gasteiger partial charge in [-0.2, -0.15) is 0 Å². The number of hydrogen-bond donors (Lipinski definition) is 3. The number of amides is 2. The summed E-state index contributed by atoms with van der Waals surface area (Å²) in [5, 5.41) is 13.9. The van der Waals surface area contributed by atoms with Crippen molar-refractivity contribution in [2.45, 2.75) is 19.8 Å². The zero-order chi connectivity index (χ0) is 15.1. The Kier molecular flexibility index (Phi) is 6.24. The molecule has 1 aromatic rings. The number of hydrogen-bond acceptors (Lipinski definition) is 2. The molecule has 0 saturated carbocycles. The SMILES string of the molecule is CCC(CNC(=O)Nc1cc(F)cc(Cl)c1)CC(=O)O. The first-order chi connectivity index (χ1) is 9.40. The first-order valence-electron chi connectivity index (χ1n) is 6.13. The third kappa shape index (κ3) is 5.88. The predicted octanol–water partition coefficient (Wildman–Crippen LogP) is 3.10. The van der Waals surface area contributed by atoms with Gasteiger partial charge in [0.25, 0.3) is 0 Å². The lowest BCUT2D eigenvalue weighted by Gasteiger charge is -2.14. The lowest BCUT2D eigenvalue weighted by molar-refractivity contribution is -0.138. The van der Waals surface area contributed by atoms with Crippen LogP contribution >= 0.6 is 11.6 Å². The van der Waals surface area contributed by atoms with Crippen LogP contribution in [0.3, 0.4) is 0 Å². The highest BCUT2D eigenvalue weighted by Gasteiger charge is 2.12. The summed E-state index contributed by atoms with van der Waals surface area (Å²) in [5.41, 5.74) is 0.235. The molecule has 2 amide bonds. The van der Waals surface area contributed by atoms with Gasteiger partial charge in [0, 0.05) is 23.7 Å². The number of carbonyl (C=O) groups is 2. The molecule has 1 unspecified atom stereocenters. The Morgan fingerprint density at radius 2 is 2.10 bits per heavy atom. The molecule has 0 aliphatic rings. The average Bonchev–Trinajstić information content (AvgIpc) is 2.32. The van der Waals surface area contributed by atoms with Gasteiger partial charge in [-0.1, -0.05) is 24.9 Å². The first-order valence-corrected chi connectivity index (χ1v) is 6.51. The molecule has 1 rings (SSSR count). The topological polar surface area (TPSA) is 78.4 Å². The minimum Gasteiger partial charge on any atom is -0.481 e. The molecular formula is C13H16ClFN2O3. The number of aliphatic carboxylic acids is 1. The third-order valence-electron chi connectivity index (χ3n) is 2.71. The van der Waals surface area contributed by atoms with Crippen molar-refractivity contribution in [2.24, 2.45) is 5.92 Å². The van der Waals surface area contributed by atoms with Crippen LogP contribution in [0, 0.1) is 11.7 Å². The molecule has 5 nitrogen and oxygen atoms in total. The summed E-state index contributed by atoms with van der Waals surface area (Å²) in [6.45, 7) is 2.08. The molecule has 0 spiro atoms. The molecule has 0 heterocycles. The molecule has 1 aromatic carbocycles. The second-order valence-electron chi connectivity index (χ2n) is 4.37. The van der Waals surface area contributed by atoms with E-state index in [2.05, 4.69) is 10.6 Å². The van der Waals surface area contributed by atoms with Crippen LogP contribution in [-0.2, 0) is 4.79 Å². The zero-order valence-corrected chi connectivity index (χ0v) is 11.7. The second-order valence-corrected chi connectivity index (χ2v) is 4.80. The summed E-state index contributed by atoms with van der Waals surface area (Å²) in [6.07, 6.45) is 0.626. The summed E-state index contributed by atoms with van der Waals surface area (Å²) in [7, 11) is 0. The van der Waals surface area contributed by atoms with Gasteiger partial charge in [0.15, 0.2) is 0 Å². The number of carboxylic acids is 1. The van der Waals surface area contributed by atoms with Gasteiger partial charge >= 0.3 is 12.0 Å². The van der Waals surface area contributed by atoms with E-state index in [0.717, 1.165) is 12.1 Å². The highest BCUT2D eigenvalue weighted by Crippen LogP contribution is 2.17. The van der Waals surface area contributed by atoms with Gasteiger partial charge in [0.2, 0.25) is 0 Å². The summed E-state index contributed by atoms with van der Waals surface area (Å²) in [6, 6.07) is 3.15. The second kappa shape index (κ2) is 7.69. The van der Waals surface area contributed by atoms with E-state index in [0.29, 0.717) is 6.42 Å². The number of carboxylic acid groups (broad SMARTS) is 1. The number of carbonyl (C=O) groups excluding carboxylic acids is 1. The minimum absolute atomic E-state index is 0.0113. The zero-order valence-electron chi connectivity index (χ0n) is 11.0. The molecule has 0 aliphatic heterocycles. The Morgan fingerprint density at radius 1 is 1.40 bits per heavy atom. The van der Waals surface area contributed by atoms with Gasteiger partial charge in [-0.15, -0.1) is 0 Å². The molecule has 7 heteroatoms. The molecule has 0 aromatic heterocycles. The molecule has 0 bridgehead atoms. The van der Waals surface area contributed by atoms with Crippen molar-refractivity contribution in [3.05, 3.63) is 29.0 Å². The number of urea groups is 1. The van der Waals surface area contributed by atoms with E-state index in [9.17, 15) is 14.0 Å². The van der Waals surface area contributed by atoms with E-state index >= 15 is 0 Å². The van der Waals surface area contributed by atoms with Crippen molar-refractivity contribution >= 4 is 29.3 Å². The van der Waals surface area contributed by atoms with Gasteiger partial charge in [-0.05, 0) is 24.1 Å². The van der Waals surface area contributed by atoms with Crippen LogP contribution < -0.4 is 10.6 Å². The lowest BCUT2D eigenvalue weighted by atomic mass is 10.0. The average molecular weight is 303 g/mol. The fourth-order valence-corrected chi connectivity index (χ4v) is 1.87. The van der Waals surface area contributed by atoms with Crippen LogP contribution in [0.2, 0.25) is 5.02 Å². The number of halogens is 2. The molecule has 0 aliphatic carbocycles. The Labute approximate surface area is 121 Å². The fourth-order valence-electron chi connectivity index (χ4n) is 1.65. The van der Waals surface area contributed by atoms with E-state index in [1.807, 2.05) is 6.92 Å². The smallest absolute Gasteiger partial charge is 0.319 e. The molecule has 3 N–H and O–H groups in total. The van der Waals surface area contributed by atoms with Crippen molar-refractivity contribution in [3.8, 4) is 0 Å². The van der Waals surface area contributed by atoms with E-state index in [-0.39, 0.29) is 29.6 Å². The molecule has 0 radical (unpaired) electrons. The Bertz CT molecular complexity index is 476. The number of anilines is 1. The normalized spacial score (nSPS) is 11.8. The van der Waals surface area contributed by atoms with E-state index in [1.54, 1.807) is 0 Å². The van der Waals surface area contributed by atoms with Gasteiger partial charge < -0.3 is 15.7 Å². The molecular weight excluding hydrogens is 287 g/mol. The Hall–Kier alpha value is -1.82. The maximum Gasteiger partial charge on any atom is 0.319 e. The van der Waals surface area contributed by atoms with Crippen molar-refractivity contribution in [1.29, 1.82) is 0 Å². The van der Waals surface area contributed by atoms with Gasteiger partial charge in [-0.3, -0.25) is 4.79 Å². The lowest BCUT2D eigenvalue weighted by Crippen LogP contribution is -2.33. The van der Waals surface area contributed by atoms with E-state index in [1.165, 1.54) is 6.07 Å². The maximum atomic E-state index is 13.1.